The van der Waals surface area contributed by atoms with Gasteiger partial charge in [-0.2, -0.15) is 0 Å². The fourth-order valence-electron chi connectivity index (χ4n) is 1.72. The molecule has 0 atom stereocenters. The molecule has 1 N–H and O–H groups in total. The fraction of sp³-hybridized carbons (Fsp3) is 0.125. The number of rotatable bonds is 7. The minimum atomic E-state index is -3.75. The molecular formula is C16H14ClF2NO2. The number of alkyl halides is 3. The molecule has 0 amide bonds. The molecule has 3 nitrogen and oxygen atoms in total. The van der Waals surface area contributed by atoms with Gasteiger partial charge < -0.3 is 4.74 Å². The molecule has 2 aromatic rings. The predicted octanol–water partition coefficient (Wildman–Crippen LogP) is 4.55. The van der Waals surface area contributed by atoms with Crippen molar-refractivity contribution >= 4 is 17.3 Å². The monoisotopic (exact) mass is 325 g/mol. The lowest BCUT2D eigenvalue weighted by Crippen LogP contribution is -2.16. The minimum Gasteiger partial charge on any atom is -0.420 e. The zero-order valence-electron chi connectivity index (χ0n) is 11.6. The zero-order chi connectivity index (χ0) is 16.0. The molecule has 0 aliphatic carbocycles. The van der Waals surface area contributed by atoms with Gasteiger partial charge in [-0.1, -0.05) is 49.0 Å². The van der Waals surface area contributed by atoms with E-state index in [1.807, 2.05) is 30.3 Å². The van der Waals surface area contributed by atoms with Crippen LogP contribution in [0.25, 0.3) is 5.70 Å². The van der Waals surface area contributed by atoms with Gasteiger partial charge in [0, 0.05) is 17.2 Å². The highest BCUT2D eigenvalue weighted by Gasteiger charge is 2.27. The van der Waals surface area contributed by atoms with Crippen molar-refractivity contribution in [1.82, 2.24) is 5.48 Å². The number of hydrogen-bond donors (Lipinski definition) is 1. The van der Waals surface area contributed by atoms with E-state index < -0.39 is 5.57 Å². The van der Waals surface area contributed by atoms with E-state index >= 15 is 0 Å². The molecule has 0 fully saturated rings. The maximum absolute atomic E-state index is 12.6. The summed E-state index contributed by atoms with van der Waals surface area (Å²) in [5.41, 5.74) is 0.865. The topological polar surface area (TPSA) is 30.5 Å². The molecular weight excluding hydrogens is 312 g/mol. The van der Waals surface area contributed by atoms with Crippen molar-refractivity contribution < 1.29 is 18.4 Å². The highest BCUT2D eigenvalue weighted by Crippen LogP contribution is 2.26. The van der Waals surface area contributed by atoms with Crippen LogP contribution in [0.3, 0.4) is 0 Å². The molecule has 22 heavy (non-hydrogen) atoms. The van der Waals surface area contributed by atoms with E-state index in [0.29, 0.717) is 17.9 Å². The van der Waals surface area contributed by atoms with Crippen LogP contribution in [0, 0.1) is 0 Å². The van der Waals surface area contributed by atoms with Crippen molar-refractivity contribution in [2.75, 3.05) is 0 Å². The molecule has 0 unspecified atom stereocenters. The number of hydrogen-bond acceptors (Lipinski definition) is 3. The first-order chi connectivity index (χ1) is 10.4. The van der Waals surface area contributed by atoms with Crippen LogP contribution >= 0.6 is 11.6 Å². The Hall–Kier alpha value is -2.11. The van der Waals surface area contributed by atoms with Gasteiger partial charge in [-0.05, 0) is 17.7 Å². The molecule has 0 radical (unpaired) electrons. The maximum Gasteiger partial charge on any atom is 0.487 e. The molecule has 0 spiro atoms. The smallest absolute Gasteiger partial charge is 0.420 e. The second kappa shape index (κ2) is 7.24. The summed E-state index contributed by atoms with van der Waals surface area (Å²) >= 11 is 4.73. The Morgan fingerprint density at radius 1 is 1.14 bits per heavy atom. The summed E-state index contributed by atoms with van der Waals surface area (Å²) in [6.45, 7) is 4.12. The lowest BCUT2D eigenvalue weighted by molar-refractivity contribution is -0.0964. The van der Waals surface area contributed by atoms with Gasteiger partial charge in [-0.15, -0.1) is 8.78 Å². The van der Waals surface area contributed by atoms with E-state index in [1.54, 1.807) is 12.1 Å². The quantitative estimate of drug-likeness (QED) is 0.598. The second-order valence-electron chi connectivity index (χ2n) is 4.43. The molecule has 0 saturated carbocycles. The summed E-state index contributed by atoms with van der Waals surface area (Å²) < 4.78 is 29.5. The molecule has 0 aromatic heterocycles. The van der Waals surface area contributed by atoms with Crippen LogP contribution in [0.1, 0.15) is 11.1 Å². The van der Waals surface area contributed by atoms with Crippen molar-refractivity contribution in [2.45, 2.75) is 12.2 Å². The third-order valence-electron chi connectivity index (χ3n) is 2.69. The van der Waals surface area contributed by atoms with Gasteiger partial charge in [0.2, 0.25) is 0 Å². The van der Waals surface area contributed by atoms with Gasteiger partial charge in [0.25, 0.3) is 0 Å². The molecule has 0 saturated heterocycles. The van der Waals surface area contributed by atoms with Crippen molar-refractivity contribution in [1.29, 1.82) is 0 Å². The number of ether oxygens (including phenoxy) is 1. The molecule has 2 rings (SSSR count). The van der Waals surface area contributed by atoms with E-state index in [2.05, 4.69) is 16.8 Å². The second-order valence-corrected chi connectivity index (χ2v) is 4.87. The third kappa shape index (κ3) is 5.35. The zero-order valence-corrected chi connectivity index (χ0v) is 12.3. The van der Waals surface area contributed by atoms with Crippen LogP contribution in [0.15, 0.2) is 61.2 Å². The Bertz CT molecular complexity index is 630. The first-order valence-corrected chi connectivity index (χ1v) is 6.79. The average Bonchev–Trinajstić information content (AvgIpc) is 2.47. The molecule has 0 bridgehead atoms. The highest BCUT2D eigenvalue weighted by atomic mass is 35.5. The third-order valence-corrected chi connectivity index (χ3v) is 2.77. The van der Waals surface area contributed by atoms with E-state index in [9.17, 15) is 8.78 Å². The van der Waals surface area contributed by atoms with Gasteiger partial charge in [0.15, 0.2) is 0 Å². The van der Waals surface area contributed by atoms with Gasteiger partial charge in [-0.3, -0.25) is 10.3 Å². The van der Waals surface area contributed by atoms with Crippen LogP contribution in [-0.2, 0) is 11.4 Å². The minimum absolute atomic E-state index is 0.0662. The SMILES string of the molecule is C=C(NOCc1ccccc1)c1cccc(OC(F)(F)Cl)c1. The number of hydroxylamine groups is 1. The van der Waals surface area contributed by atoms with Crippen LogP contribution in [0.5, 0.6) is 5.75 Å². The van der Waals surface area contributed by atoms with Crippen LogP contribution in [0.4, 0.5) is 8.78 Å². The normalized spacial score (nSPS) is 11.0. The van der Waals surface area contributed by atoms with E-state index in [1.165, 1.54) is 12.1 Å². The average molecular weight is 326 g/mol. The lowest BCUT2D eigenvalue weighted by Gasteiger charge is -2.13. The number of halogens is 3. The Balaban J connectivity index is 1.91. The Morgan fingerprint density at radius 3 is 2.55 bits per heavy atom. The molecule has 116 valence electrons. The highest BCUT2D eigenvalue weighted by molar-refractivity contribution is 6.20. The predicted molar refractivity (Wildman–Crippen MR) is 81.3 cm³/mol. The summed E-state index contributed by atoms with van der Waals surface area (Å²) in [6.07, 6.45) is 0. The van der Waals surface area contributed by atoms with Crippen LogP contribution in [0.2, 0.25) is 0 Å². The van der Waals surface area contributed by atoms with Gasteiger partial charge in [-0.25, -0.2) is 0 Å². The Morgan fingerprint density at radius 2 is 1.86 bits per heavy atom. The molecule has 2 aromatic carbocycles. The van der Waals surface area contributed by atoms with Crippen LogP contribution in [-0.4, -0.2) is 5.57 Å². The fourth-order valence-corrected chi connectivity index (χ4v) is 1.81. The van der Waals surface area contributed by atoms with Crippen molar-refractivity contribution in [3.63, 3.8) is 0 Å². The summed E-state index contributed by atoms with van der Waals surface area (Å²) in [5, 5.41) is 0. The first-order valence-electron chi connectivity index (χ1n) is 6.41. The lowest BCUT2D eigenvalue weighted by atomic mass is 10.2. The summed E-state index contributed by atoms with van der Waals surface area (Å²) in [6, 6.07) is 15.5. The Labute approximate surface area is 132 Å². The molecule has 0 aliphatic heterocycles. The molecule has 0 aliphatic rings. The molecule has 0 heterocycles. The van der Waals surface area contributed by atoms with E-state index in [-0.39, 0.29) is 5.75 Å². The maximum atomic E-state index is 12.6. The first kappa shape index (κ1) is 16.3. The van der Waals surface area contributed by atoms with E-state index in [0.717, 1.165) is 5.56 Å². The summed E-state index contributed by atoms with van der Waals surface area (Å²) in [5.74, 6) is -0.0662. The van der Waals surface area contributed by atoms with Crippen molar-refractivity contribution in [2.24, 2.45) is 0 Å². The molecule has 6 heteroatoms. The van der Waals surface area contributed by atoms with Crippen molar-refractivity contribution in [3.05, 3.63) is 72.3 Å². The number of nitrogens with one attached hydrogen (secondary N) is 1. The van der Waals surface area contributed by atoms with Gasteiger partial charge in [0.1, 0.15) is 5.75 Å². The van der Waals surface area contributed by atoms with Crippen molar-refractivity contribution in [3.8, 4) is 5.75 Å². The largest absolute Gasteiger partial charge is 0.487 e. The summed E-state index contributed by atoms with van der Waals surface area (Å²) in [4.78, 5) is 5.31. The van der Waals surface area contributed by atoms with E-state index in [4.69, 9.17) is 16.4 Å². The summed E-state index contributed by atoms with van der Waals surface area (Å²) in [7, 11) is 0. The van der Waals surface area contributed by atoms with Gasteiger partial charge in [0.05, 0.1) is 12.3 Å². The van der Waals surface area contributed by atoms with Crippen LogP contribution < -0.4 is 10.2 Å². The Kier molecular flexibility index (Phi) is 5.35. The standard InChI is InChI=1S/C16H14ClF2NO2/c1-12(20-21-11-13-6-3-2-4-7-13)14-8-5-9-15(10-14)22-16(17,18)19/h2-10,20H,1,11H2. The number of benzene rings is 2. The van der Waals surface area contributed by atoms with Gasteiger partial charge >= 0.3 is 5.57 Å².